The first kappa shape index (κ1) is 18.5. The Morgan fingerprint density at radius 1 is 1.04 bits per heavy atom. The monoisotopic (exact) mass is 406 g/mol. The van der Waals surface area contributed by atoms with Crippen molar-refractivity contribution in [3.8, 4) is 11.5 Å². The number of benzene rings is 2. The molecule has 0 amide bonds. The first-order chi connectivity index (χ1) is 12.4. The van der Waals surface area contributed by atoms with Gasteiger partial charge in [-0.25, -0.2) is 13.2 Å². The molecule has 3 rings (SSSR count). The van der Waals surface area contributed by atoms with Gasteiger partial charge in [0.05, 0.1) is 14.0 Å². The van der Waals surface area contributed by atoms with Crippen molar-refractivity contribution in [2.24, 2.45) is 0 Å². The van der Waals surface area contributed by atoms with Gasteiger partial charge in [0.15, 0.2) is 0 Å². The minimum absolute atomic E-state index is 0.00395. The third kappa shape index (κ3) is 3.77. The standard InChI is InChI=1S/C18H14O5S3/c1-24-18-16(11-15(25-18)17(19)20)26(21,22)14-9-5-8-13(10-14)23-12-6-3-2-4-7-12/h2-11H,1H3,(H,19,20). The van der Waals surface area contributed by atoms with Gasteiger partial charge in [-0.2, -0.15) is 0 Å². The Morgan fingerprint density at radius 3 is 2.38 bits per heavy atom. The van der Waals surface area contributed by atoms with Crippen LogP contribution in [0.2, 0.25) is 0 Å². The molecule has 0 aliphatic rings. The lowest BCUT2D eigenvalue weighted by atomic mass is 10.3. The van der Waals surface area contributed by atoms with Crippen molar-refractivity contribution in [1.29, 1.82) is 0 Å². The van der Waals surface area contributed by atoms with E-state index in [-0.39, 0.29) is 14.7 Å². The highest BCUT2D eigenvalue weighted by atomic mass is 32.2. The van der Waals surface area contributed by atoms with Gasteiger partial charge in [-0.3, -0.25) is 0 Å². The fourth-order valence-corrected chi connectivity index (χ4v) is 6.12. The second-order valence-electron chi connectivity index (χ2n) is 5.17. The van der Waals surface area contributed by atoms with Crippen LogP contribution in [-0.2, 0) is 9.84 Å². The van der Waals surface area contributed by atoms with Crippen molar-refractivity contribution in [3.05, 3.63) is 65.5 Å². The van der Waals surface area contributed by atoms with Crippen molar-refractivity contribution in [2.75, 3.05) is 6.26 Å². The second kappa shape index (κ2) is 7.53. The number of thiophene rings is 1. The molecule has 1 heterocycles. The van der Waals surface area contributed by atoms with E-state index in [2.05, 4.69) is 0 Å². The van der Waals surface area contributed by atoms with Gasteiger partial charge in [0.25, 0.3) is 0 Å². The number of carboxylic acid groups (broad SMARTS) is 1. The van der Waals surface area contributed by atoms with Crippen LogP contribution in [0.3, 0.4) is 0 Å². The fourth-order valence-electron chi connectivity index (χ4n) is 2.25. The Balaban J connectivity index is 2.00. The second-order valence-corrected chi connectivity index (χ2v) is 9.21. The van der Waals surface area contributed by atoms with E-state index in [9.17, 15) is 13.2 Å². The first-order valence-electron chi connectivity index (χ1n) is 7.41. The molecule has 8 heteroatoms. The van der Waals surface area contributed by atoms with Gasteiger partial charge in [-0.15, -0.1) is 23.1 Å². The van der Waals surface area contributed by atoms with Gasteiger partial charge >= 0.3 is 5.97 Å². The number of para-hydroxylation sites is 1. The zero-order valence-corrected chi connectivity index (χ0v) is 16.0. The van der Waals surface area contributed by atoms with Crippen LogP contribution in [0.5, 0.6) is 11.5 Å². The van der Waals surface area contributed by atoms with Gasteiger partial charge < -0.3 is 9.84 Å². The Hall–Kier alpha value is -2.29. The van der Waals surface area contributed by atoms with Crippen LogP contribution in [0.15, 0.2) is 74.7 Å². The molecule has 0 bridgehead atoms. The van der Waals surface area contributed by atoms with E-state index in [1.54, 1.807) is 30.5 Å². The lowest BCUT2D eigenvalue weighted by molar-refractivity contribution is 0.0702. The van der Waals surface area contributed by atoms with Crippen LogP contribution >= 0.6 is 23.1 Å². The summed E-state index contributed by atoms with van der Waals surface area (Å²) in [4.78, 5) is 11.2. The Bertz CT molecular complexity index is 1040. The summed E-state index contributed by atoms with van der Waals surface area (Å²) in [5, 5.41) is 9.15. The summed E-state index contributed by atoms with van der Waals surface area (Å²) in [5.74, 6) is -0.167. The number of hydrogen-bond donors (Lipinski definition) is 1. The lowest BCUT2D eigenvalue weighted by Gasteiger charge is -2.08. The maximum atomic E-state index is 13.0. The van der Waals surface area contributed by atoms with Crippen molar-refractivity contribution < 1.29 is 23.1 Å². The van der Waals surface area contributed by atoms with Crippen LogP contribution in [0.4, 0.5) is 0 Å². The third-order valence-electron chi connectivity index (χ3n) is 3.45. The molecule has 0 unspecified atom stereocenters. The summed E-state index contributed by atoms with van der Waals surface area (Å²) in [5.41, 5.74) is 0. The lowest BCUT2D eigenvalue weighted by Crippen LogP contribution is -2.02. The molecule has 2 aromatic carbocycles. The first-order valence-corrected chi connectivity index (χ1v) is 10.9. The molecule has 0 fully saturated rings. The quantitative estimate of drug-likeness (QED) is 0.593. The van der Waals surface area contributed by atoms with E-state index in [0.29, 0.717) is 15.7 Å². The highest BCUT2D eigenvalue weighted by Gasteiger charge is 2.26. The van der Waals surface area contributed by atoms with Gasteiger partial charge in [-0.1, -0.05) is 24.3 Å². The molecule has 3 aromatic rings. The summed E-state index contributed by atoms with van der Waals surface area (Å²) in [6.45, 7) is 0. The number of thioether (sulfide) groups is 1. The average molecular weight is 407 g/mol. The molecule has 26 heavy (non-hydrogen) atoms. The molecule has 0 aliphatic heterocycles. The van der Waals surface area contributed by atoms with Gasteiger partial charge in [-0.05, 0) is 42.7 Å². The molecule has 0 atom stereocenters. The van der Waals surface area contributed by atoms with E-state index >= 15 is 0 Å². The summed E-state index contributed by atoms with van der Waals surface area (Å²) in [7, 11) is -3.86. The van der Waals surface area contributed by atoms with Crippen molar-refractivity contribution >= 4 is 38.9 Å². The summed E-state index contributed by atoms with van der Waals surface area (Å²) < 4.78 is 32.1. The van der Waals surface area contributed by atoms with E-state index in [1.165, 1.54) is 30.0 Å². The fraction of sp³-hybridized carbons (Fsp3) is 0.0556. The van der Waals surface area contributed by atoms with Crippen LogP contribution in [-0.4, -0.2) is 25.7 Å². The molecular formula is C18H14O5S3. The highest BCUT2D eigenvalue weighted by Crippen LogP contribution is 2.37. The number of carboxylic acids is 1. The molecule has 0 saturated carbocycles. The van der Waals surface area contributed by atoms with Gasteiger partial charge in [0.1, 0.15) is 16.4 Å². The van der Waals surface area contributed by atoms with Crippen LogP contribution < -0.4 is 4.74 Å². The Kier molecular flexibility index (Phi) is 5.36. The van der Waals surface area contributed by atoms with Crippen LogP contribution in [0.1, 0.15) is 9.67 Å². The maximum absolute atomic E-state index is 13.0. The topological polar surface area (TPSA) is 80.7 Å². The maximum Gasteiger partial charge on any atom is 0.345 e. The predicted molar refractivity (Wildman–Crippen MR) is 101 cm³/mol. The minimum atomic E-state index is -3.86. The predicted octanol–water partition coefficient (Wildman–Crippen LogP) is 4.79. The van der Waals surface area contributed by atoms with Gasteiger partial charge in [0.2, 0.25) is 9.84 Å². The van der Waals surface area contributed by atoms with Crippen LogP contribution in [0, 0.1) is 0 Å². The Labute approximate surface area is 159 Å². The summed E-state index contributed by atoms with van der Waals surface area (Å²) >= 11 is 2.16. The average Bonchev–Trinajstić information content (AvgIpc) is 3.08. The molecule has 0 radical (unpaired) electrons. The minimum Gasteiger partial charge on any atom is -0.477 e. The van der Waals surface area contributed by atoms with E-state index in [1.807, 2.05) is 18.2 Å². The van der Waals surface area contributed by atoms with E-state index < -0.39 is 15.8 Å². The molecule has 5 nitrogen and oxygen atoms in total. The third-order valence-corrected chi connectivity index (χ3v) is 7.74. The van der Waals surface area contributed by atoms with Crippen LogP contribution in [0.25, 0.3) is 0 Å². The molecule has 1 aromatic heterocycles. The van der Waals surface area contributed by atoms with Crippen molar-refractivity contribution in [2.45, 2.75) is 14.0 Å². The largest absolute Gasteiger partial charge is 0.477 e. The van der Waals surface area contributed by atoms with Crippen molar-refractivity contribution in [3.63, 3.8) is 0 Å². The number of carbonyl (C=O) groups is 1. The SMILES string of the molecule is CSc1sc(C(=O)O)cc1S(=O)(=O)c1cccc(Oc2ccccc2)c1. The molecule has 0 spiro atoms. The zero-order chi connectivity index (χ0) is 18.7. The molecule has 0 aliphatic carbocycles. The van der Waals surface area contributed by atoms with Gasteiger partial charge in [0, 0.05) is 0 Å². The highest BCUT2D eigenvalue weighted by molar-refractivity contribution is 8.01. The summed E-state index contributed by atoms with van der Waals surface area (Å²) in [6, 6.07) is 16.4. The number of sulfone groups is 1. The zero-order valence-electron chi connectivity index (χ0n) is 13.6. The smallest absolute Gasteiger partial charge is 0.345 e. The van der Waals surface area contributed by atoms with E-state index in [4.69, 9.17) is 9.84 Å². The Morgan fingerprint density at radius 2 is 1.73 bits per heavy atom. The number of aromatic carboxylic acids is 1. The number of ether oxygens (including phenoxy) is 1. The molecule has 134 valence electrons. The number of rotatable bonds is 6. The molecule has 1 N–H and O–H groups in total. The van der Waals surface area contributed by atoms with E-state index in [0.717, 1.165) is 11.3 Å². The number of hydrogen-bond acceptors (Lipinski definition) is 6. The normalized spacial score (nSPS) is 11.3. The summed E-state index contributed by atoms with van der Waals surface area (Å²) in [6.07, 6.45) is 1.71. The van der Waals surface area contributed by atoms with Crippen molar-refractivity contribution in [1.82, 2.24) is 0 Å². The molecule has 0 saturated heterocycles. The molecular weight excluding hydrogens is 392 g/mol.